The maximum atomic E-state index is 10.4. The van der Waals surface area contributed by atoms with Gasteiger partial charge < -0.3 is 15.9 Å². The molecule has 0 aliphatic heterocycles. The summed E-state index contributed by atoms with van der Waals surface area (Å²) in [5.74, 6) is -0.700. The molecule has 0 aromatic heterocycles. The second-order valence-corrected chi connectivity index (χ2v) is 3.83. The number of hydrogen-bond acceptors (Lipinski definition) is 3. The summed E-state index contributed by atoms with van der Waals surface area (Å²) in [7, 11) is 0. The SMILES string of the molecule is NC(CC1CCCC1)C(O)C(=O)O. The van der Waals surface area contributed by atoms with Gasteiger partial charge in [0.1, 0.15) is 0 Å². The molecule has 0 bridgehead atoms. The third-order valence-corrected chi connectivity index (χ3v) is 2.74. The first-order chi connectivity index (χ1) is 6.11. The largest absolute Gasteiger partial charge is 0.479 e. The molecule has 1 aliphatic carbocycles. The highest BCUT2D eigenvalue weighted by molar-refractivity contribution is 5.72. The van der Waals surface area contributed by atoms with E-state index in [-0.39, 0.29) is 0 Å². The van der Waals surface area contributed by atoms with Crippen LogP contribution < -0.4 is 5.73 Å². The molecule has 1 rings (SSSR count). The van der Waals surface area contributed by atoms with Crippen LogP contribution in [0.4, 0.5) is 0 Å². The Morgan fingerprint density at radius 1 is 1.46 bits per heavy atom. The molecule has 1 saturated carbocycles. The van der Waals surface area contributed by atoms with E-state index in [0.29, 0.717) is 12.3 Å². The van der Waals surface area contributed by atoms with E-state index >= 15 is 0 Å². The summed E-state index contributed by atoms with van der Waals surface area (Å²) in [4.78, 5) is 10.4. The number of aliphatic carboxylic acids is 1. The lowest BCUT2D eigenvalue weighted by Gasteiger charge is -2.18. The van der Waals surface area contributed by atoms with Crippen molar-refractivity contribution in [1.82, 2.24) is 0 Å². The van der Waals surface area contributed by atoms with E-state index in [0.717, 1.165) is 12.8 Å². The number of nitrogens with two attached hydrogens (primary N) is 1. The van der Waals surface area contributed by atoms with E-state index in [4.69, 9.17) is 15.9 Å². The van der Waals surface area contributed by atoms with Crippen molar-refractivity contribution in [2.24, 2.45) is 11.7 Å². The van der Waals surface area contributed by atoms with E-state index < -0.39 is 18.1 Å². The summed E-state index contributed by atoms with van der Waals surface area (Å²) < 4.78 is 0. The second kappa shape index (κ2) is 4.58. The summed E-state index contributed by atoms with van der Waals surface area (Å²) in [6, 6.07) is -0.611. The Balaban J connectivity index is 2.30. The van der Waals surface area contributed by atoms with Crippen LogP contribution >= 0.6 is 0 Å². The molecule has 2 unspecified atom stereocenters. The fourth-order valence-corrected chi connectivity index (χ4v) is 1.94. The second-order valence-electron chi connectivity index (χ2n) is 3.83. The van der Waals surface area contributed by atoms with Gasteiger partial charge in [-0.1, -0.05) is 25.7 Å². The van der Waals surface area contributed by atoms with Gasteiger partial charge in [-0.2, -0.15) is 0 Å². The van der Waals surface area contributed by atoms with Crippen LogP contribution in [0.1, 0.15) is 32.1 Å². The lowest BCUT2D eigenvalue weighted by molar-refractivity contribution is -0.147. The normalized spacial score (nSPS) is 22.9. The number of aliphatic hydroxyl groups excluding tert-OH is 1. The van der Waals surface area contributed by atoms with Gasteiger partial charge in [0, 0.05) is 6.04 Å². The summed E-state index contributed by atoms with van der Waals surface area (Å²) in [6.07, 6.45) is 3.90. The van der Waals surface area contributed by atoms with Crippen molar-refractivity contribution in [3.8, 4) is 0 Å². The standard InChI is InChI=1S/C9H17NO3/c10-7(8(11)9(12)13)5-6-3-1-2-4-6/h6-8,11H,1-5,10H2,(H,12,13). The van der Waals surface area contributed by atoms with Crippen molar-refractivity contribution in [3.05, 3.63) is 0 Å². The Labute approximate surface area is 77.7 Å². The molecule has 0 aromatic carbocycles. The van der Waals surface area contributed by atoms with Crippen molar-refractivity contribution in [2.45, 2.75) is 44.2 Å². The van der Waals surface area contributed by atoms with Gasteiger partial charge in [-0.3, -0.25) is 0 Å². The first-order valence-electron chi connectivity index (χ1n) is 4.77. The summed E-state index contributed by atoms with van der Waals surface area (Å²) in [6.45, 7) is 0. The number of aliphatic hydroxyl groups is 1. The predicted molar refractivity (Wildman–Crippen MR) is 48.2 cm³/mol. The van der Waals surface area contributed by atoms with Crippen LogP contribution in [-0.4, -0.2) is 28.3 Å². The Bertz CT molecular complexity index is 178. The van der Waals surface area contributed by atoms with Crippen LogP contribution in [0.3, 0.4) is 0 Å². The number of hydrogen-bond donors (Lipinski definition) is 3. The van der Waals surface area contributed by atoms with Crippen molar-refractivity contribution in [1.29, 1.82) is 0 Å². The van der Waals surface area contributed by atoms with Gasteiger partial charge in [0.15, 0.2) is 6.10 Å². The average molecular weight is 187 g/mol. The lowest BCUT2D eigenvalue weighted by Crippen LogP contribution is -2.41. The number of carboxylic acids is 1. The van der Waals surface area contributed by atoms with Crippen LogP contribution in [0.25, 0.3) is 0 Å². The van der Waals surface area contributed by atoms with Gasteiger partial charge in [-0.05, 0) is 12.3 Å². The Hall–Kier alpha value is -0.610. The van der Waals surface area contributed by atoms with E-state index in [1.54, 1.807) is 0 Å². The average Bonchev–Trinajstić information content (AvgIpc) is 2.55. The highest BCUT2D eigenvalue weighted by atomic mass is 16.4. The van der Waals surface area contributed by atoms with E-state index in [1.807, 2.05) is 0 Å². The topological polar surface area (TPSA) is 83.5 Å². The van der Waals surface area contributed by atoms with Crippen LogP contribution in [0, 0.1) is 5.92 Å². The van der Waals surface area contributed by atoms with E-state index in [9.17, 15) is 4.79 Å². The van der Waals surface area contributed by atoms with Gasteiger partial charge in [0.25, 0.3) is 0 Å². The van der Waals surface area contributed by atoms with Crippen molar-refractivity contribution < 1.29 is 15.0 Å². The molecule has 0 radical (unpaired) electrons. The highest BCUT2D eigenvalue weighted by Crippen LogP contribution is 2.28. The molecule has 4 heteroatoms. The third-order valence-electron chi connectivity index (χ3n) is 2.74. The monoisotopic (exact) mass is 187 g/mol. The number of rotatable bonds is 4. The molecule has 0 amide bonds. The third kappa shape index (κ3) is 2.97. The molecular weight excluding hydrogens is 170 g/mol. The van der Waals surface area contributed by atoms with Crippen LogP contribution in [0.15, 0.2) is 0 Å². The molecule has 2 atom stereocenters. The van der Waals surface area contributed by atoms with Crippen LogP contribution in [-0.2, 0) is 4.79 Å². The minimum atomic E-state index is -1.40. The van der Waals surface area contributed by atoms with Crippen molar-refractivity contribution >= 4 is 5.97 Å². The summed E-state index contributed by atoms with van der Waals surface area (Å²) in [5, 5.41) is 17.6. The quantitative estimate of drug-likeness (QED) is 0.592. The molecule has 0 aromatic rings. The highest BCUT2D eigenvalue weighted by Gasteiger charge is 2.26. The molecule has 0 heterocycles. The van der Waals surface area contributed by atoms with Gasteiger partial charge in [0.2, 0.25) is 0 Å². The van der Waals surface area contributed by atoms with Gasteiger partial charge >= 0.3 is 5.97 Å². The van der Waals surface area contributed by atoms with Crippen LogP contribution in [0.5, 0.6) is 0 Å². The van der Waals surface area contributed by atoms with Gasteiger partial charge in [0.05, 0.1) is 0 Å². The molecule has 0 saturated heterocycles. The van der Waals surface area contributed by atoms with E-state index in [2.05, 4.69) is 0 Å². The first kappa shape index (κ1) is 10.5. The molecule has 1 aliphatic rings. The lowest BCUT2D eigenvalue weighted by atomic mass is 9.96. The zero-order chi connectivity index (χ0) is 9.84. The molecule has 76 valence electrons. The Morgan fingerprint density at radius 3 is 2.46 bits per heavy atom. The van der Waals surface area contributed by atoms with Gasteiger partial charge in [-0.15, -0.1) is 0 Å². The zero-order valence-corrected chi connectivity index (χ0v) is 7.65. The molecular formula is C9H17NO3. The Kier molecular flexibility index (Phi) is 3.69. The minimum Gasteiger partial charge on any atom is -0.479 e. The molecule has 13 heavy (non-hydrogen) atoms. The molecule has 0 spiro atoms. The van der Waals surface area contributed by atoms with Crippen molar-refractivity contribution in [2.75, 3.05) is 0 Å². The molecule has 1 fully saturated rings. The zero-order valence-electron chi connectivity index (χ0n) is 7.65. The summed E-state index contributed by atoms with van der Waals surface area (Å²) >= 11 is 0. The fourth-order valence-electron chi connectivity index (χ4n) is 1.94. The Morgan fingerprint density at radius 2 is 2.00 bits per heavy atom. The molecule has 4 N–H and O–H groups in total. The smallest absolute Gasteiger partial charge is 0.334 e. The maximum absolute atomic E-state index is 10.4. The van der Waals surface area contributed by atoms with Crippen LogP contribution in [0.2, 0.25) is 0 Å². The van der Waals surface area contributed by atoms with Crippen molar-refractivity contribution in [3.63, 3.8) is 0 Å². The fraction of sp³-hybridized carbons (Fsp3) is 0.889. The molecule has 4 nitrogen and oxygen atoms in total. The summed E-state index contributed by atoms with van der Waals surface area (Å²) in [5.41, 5.74) is 5.57. The van der Waals surface area contributed by atoms with Gasteiger partial charge in [-0.25, -0.2) is 4.79 Å². The maximum Gasteiger partial charge on any atom is 0.334 e. The first-order valence-corrected chi connectivity index (χ1v) is 4.77. The van der Waals surface area contributed by atoms with E-state index in [1.165, 1.54) is 12.8 Å². The predicted octanol–water partition coefficient (Wildman–Crippen LogP) is 0.339. The number of carbonyl (C=O) groups is 1. The minimum absolute atomic E-state index is 0.518. The number of carboxylic acid groups (broad SMARTS) is 1.